The number of quaternary nitrogens is 1. The summed E-state index contributed by atoms with van der Waals surface area (Å²) in [5.74, 6) is 0.0657. The predicted molar refractivity (Wildman–Crippen MR) is 111 cm³/mol. The number of aromatic amines is 1. The molecule has 0 bridgehead atoms. The van der Waals surface area contributed by atoms with E-state index < -0.39 is 12.0 Å². The van der Waals surface area contributed by atoms with Crippen LogP contribution in [0.3, 0.4) is 0 Å². The number of fused-ring (bicyclic) bond motifs is 1. The van der Waals surface area contributed by atoms with Gasteiger partial charge in [0.05, 0.1) is 18.5 Å². The molecule has 0 saturated carbocycles. The van der Waals surface area contributed by atoms with E-state index in [1.165, 1.54) is 11.3 Å². The summed E-state index contributed by atoms with van der Waals surface area (Å²) < 4.78 is 4.71. The van der Waals surface area contributed by atoms with Gasteiger partial charge in [0.2, 0.25) is 0 Å². The fraction of sp³-hybridized carbons (Fsp3) is 0.300. The highest BCUT2D eigenvalue weighted by Crippen LogP contribution is 2.30. The Morgan fingerprint density at radius 1 is 1.24 bits per heavy atom. The Morgan fingerprint density at radius 2 is 2.00 bits per heavy atom. The molecule has 1 aromatic carbocycles. The number of alkyl carbamates (subject to hydrolysis) is 1. The molecular formula is C20H23N4O4S+. The molecule has 2 amide bonds. The van der Waals surface area contributed by atoms with Gasteiger partial charge in [-0.2, -0.15) is 0 Å². The summed E-state index contributed by atoms with van der Waals surface area (Å²) in [5, 5.41) is 4.69. The zero-order chi connectivity index (χ0) is 20.8. The largest absolute Gasteiger partial charge is 0.450 e. The van der Waals surface area contributed by atoms with Crippen LogP contribution < -0.4 is 15.8 Å². The molecule has 0 saturated heterocycles. The number of ether oxygens (including phenoxy) is 1. The molecule has 3 aromatic rings. The summed E-state index contributed by atoms with van der Waals surface area (Å²) in [6.45, 7) is 4.83. The van der Waals surface area contributed by atoms with Crippen LogP contribution in [-0.2, 0) is 16.1 Å². The van der Waals surface area contributed by atoms with Gasteiger partial charge in [0.25, 0.3) is 11.5 Å². The second-order valence-electron chi connectivity index (χ2n) is 6.43. The Kier molecular flexibility index (Phi) is 6.73. The van der Waals surface area contributed by atoms with Crippen LogP contribution in [0.5, 0.6) is 0 Å². The standard InChI is InChI=1S/C20H22N4O4S/c1-3-24(11-16(25)23-20(27)28-4-2)10-15-21-18(26)17-14(12-29-19(17)22-15)13-8-6-5-7-9-13/h5-9,12H,3-4,10-11H2,1-2H3,(H,21,22,26)(H,23,25,27)/p+1. The lowest BCUT2D eigenvalue weighted by Crippen LogP contribution is -3.11. The molecule has 0 aliphatic rings. The number of imide groups is 1. The van der Waals surface area contributed by atoms with Crippen LogP contribution >= 0.6 is 11.3 Å². The number of nitrogens with one attached hydrogen (secondary N) is 3. The van der Waals surface area contributed by atoms with Crippen molar-refractivity contribution >= 4 is 33.6 Å². The summed E-state index contributed by atoms with van der Waals surface area (Å²) >= 11 is 1.42. The monoisotopic (exact) mass is 415 g/mol. The highest BCUT2D eigenvalue weighted by molar-refractivity contribution is 7.17. The SMILES string of the molecule is CCOC(=O)NC(=O)C[NH+](CC)Cc1nc2scc(-c3ccccc3)c2c(=O)[nH]1. The highest BCUT2D eigenvalue weighted by Gasteiger charge is 2.19. The third kappa shape index (κ3) is 5.07. The Morgan fingerprint density at radius 3 is 2.69 bits per heavy atom. The van der Waals surface area contributed by atoms with Gasteiger partial charge >= 0.3 is 6.09 Å². The van der Waals surface area contributed by atoms with Crippen LogP contribution in [0.25, 0.3) is 21.3 Å². The molecule has 0 spiro atoms. The van der Waals surface area contributed by atoms with Crippen LogP contribution in [0.4, 0.5) is 4.79 Å². The number of hydrogen-bond acceptors (Lipinski definition) is 6. The number of benzene rings is 1. The Bertz CT molecular complexity index is 1060. The molecule has 3 N–H and O–H groups in total. The average Bonchev–Trinajstić information content (AvgIpc) is 3.12. The van der Waals surface area contributed by atoms with Crippen molar-refractivity contribution in [2.75, 3.05) is 19.7 Å². The number of likely N-dealkylation sites (N-methyl/N-ethyl adjacent to an activating group) is 1. The minimum Gasteiger partial charge on any atom is -0.450 e. The van der Waals surface area contributed by atoms with Crippen LogP contribution in [0.15, 0.2) is 40.5 Å². The number of carbonyl (C=O) groups excluding carboxylic acids is 2. The molecule has 1 atom stereocenters. The molecule has 0 aliphatic carbocycles. The number of rotatable bonds is 7. The fourth-order valence-electron chi connectivity index (χ4n) is 3.01. The van der Waals surface area contributed by atoms with Crippen molar-refractivity contribution < 1.29 is 19.2 Å². The first-order valence-corrected chi connectivity index (χ1v) is 10.3. The second-order valence-corrected chi connectivity index (χ2v) is 7.29. The minimum absolute atomic E-state index is 0.0662. The number of H-pyrrole nitrogens is 1. The fourth-order valence-corrected chi connectivity index (χ4v) is 3.98. The first-order valence-electron chi connectivity index (χ1n) is 9.37. The van der Waals surface area contributed by atoms with Gasteiger partial charge in [-0.15, -0.1) is 11.3 Å². The zero-order valence-electron chi connectivity index (χ0n) is 16.3. The molecule has 2 heterocycles. The summed E-state index contributed by atoms with van der Waals surface area (Å²) in [6.07, 6.45) is -0.757. The first-order chi connectivity index (χ1) is 14.0. The lowest BCUT2D eigenvalue weighted by molar-refractivity contribution is -0.904. The number of carbonyl (C=O) groups is 2. The quantitative estimate of drug-likeness (QED) is 0.540. The lowest BCUT2D eigenvalue weighted by atomic mass is 10.1. The van der Waals surface area contributed by atoms with Gasteiger partial charge in [-0.3, -0.25) is 14.9 Å². The third-order valence-electron chi connectivity index (χ3n) is 4.42. The minimum atomic E-state index is -0.757. The van der Waals surface area contributed by atoms with E-state index in [1.54, 1.807) is 6.92 Å². The second kappa shape index (κ2) is 9.44. The van der Waals surface area contributed by atoms with Crippen molar-refractivity contribution in [1.82, 2.24) is 15.3 Å². The predicted octanol–water partition coefficient (Wildman–Crippen LogP) is 1.33. The van der Waals surface area contributed by atoms with Crippen molar-refractivity contribution in [1.29, 1.82) is 0 Å². The van der Waals surface area contributed by atoms with Gasteiger partial charge in [0.15, 0.2) is 12.4 Å². The van der Waals surface area contributed by atoms with E-state index in [-0.39, 0.29) is 18.7 Å². The van der Waals surface area contributed by atoms with E-state index in [9.17, 15) is 14.4 Å². The highest BCUT2D eigenvalue weighted by atomic mass is 32.1. The van der Waals surface area contributed by atoms with Crippen molar-refractivity contribution in [2.45, 2.75) is 20.4 Å². The molecule has 3 rings (SSSR count). The van der Waals surface area contributed by atoms with E-state index in [4.69, 9.17) is 4.74 Å². The van der Waals surface area contributed by atoms with Gasteiger partial charge in [-0.25, -0.2) is 9.78 Å². The maximum atomic E-state index is 12.7. The first kappa shape index (κ1) is 20.7. The molecule has 9 heteroatoms. The number of hydrogen-bond donors (Lipinski definition) is 3. The van der Waals surface area contributed by atoms with Crippen LogP contribution in [-0.4, -0.2) is 41.7 Å². The molecule has 152 valence electrons. The number of thiophene rings is 1. The van der Waals surface area contributed by atoms with E-state index in [1.807, 2.05) is 42.6 Å². The summed E-state index contributed by atoms with van der Waals surface area (Å²) in [4.78, 5) is 45.0. The molecule has 0 radical (unpaired) electrons. The Balaban J connectivity index is 1.77. The average molecular weight is 415 g/mol. The van der Waals surface area contributed by atoms with Crippen LogP contribution in [0, 0.1) is 0 Å². The number of amides is 2. The van der Waals surface area contributed by atoms with Gasteiger partial charge in [-0.1, -0.05) is 30.3 Å². The van der Waals surface area contributed by atoms with E-state index in [2.05, 4.69) is 15.3 Å². The topological polar surface area (TPSA) is 106 Å². The van der Waals surface area contributed by atoms with Crippen molar-refractivity contribution in [3.8, 4) is 11.1 Å². The van der Waals surface area contributed by atoms with E-state index >= 15 is 0 Å². The van der Waals surface area contributed by atoms with Crippen molar-refractivity contribution in [3.05, 3.63) is 51.9 Å². The van der Waals surface area contributed by atoms with E-state index in [0.717, 1.165) is 16.0 Å². The Labute approximate surface area is 171 Å². The number of aromatic nitrogens is 2. The van der Waals surface area contributed by atoms with Gasteiger partial charge in [0.1, 0.15) is 11.4 Å². The molecule has 0 aliphatic heterocycles. The van der Waals surface area contributed by atoms with Crippen LogP contribution in [0.2, 0.25) is 0 Å². The lowest BCUT2D eigenvalue weighted by Gasteiger charge is -2.16. The summed E-state index contributed by atoms with van der Waals surface area (Å²) in [7, 11) is 0. The van der Waals surface area contributed by atoms with Gasteiger partial charge < -0.3 is 14.6 Å². The van der Waals surface area contributed by atoms with Gasteiger partial charge in [0, 0.05) is 10.9 Å². The summed E-state index contributed by atoms with van der Waals surface area (Å²) in [5.41, 5.74) is 1.63. The molecular weight excluding hydrogens is 392 g/mol. The normalized spacial score (nSPS) is 11.9. The summed E-state index contributed by atoms with van der Waals surface area (Å²) in [6, 6.07) is 9.70. The number of nitrogens with zero attached hydrogens (tertiary/aromatic N) is 1. The maximum absolute atomic E-state index is 12.7. The van der Waals surface area contributed by atoms with Crippen molar-refractivity contribution in [2.24, 2.45) is 0 Å². The molecule has 2 aromatic heterocycles. The molecule has 29 heavy (non-hydrogen) atoms. The maximum Gasteiger partial charge on any atom is 0.414 e. The Hall–Kier alpha value is -3.04. The van der Waals surface area contributed by atoms with Crippen molar-refractivity contribution in [3.63, 3.8) is 0 Å². The smallest absolute Gasteiger partial charge is 0.414 e. The molecule has 1 unspecified atom stereocenters. The van der Waals surface area contributed by atoms with Crippen LogP contribution in [0.1, 0.15) is 19.7 Å². The van der Waals surface area contributed by atoms with E-state index in [0.29, 0.717) is 29.1 Å². The zero-order valence-corrected chi connectivity index (χ0v) is 17.1. The molecule has 8 nitrogen and oxygen atoms in total. The third-order valence-corrected chi connectivity index (χ3v) is 5.29. The molecule has 0 fully saturated rings. The van der Waals surface area contributed by atoms with Gasteiger partial charge in [-0.05, 0) is 19.4 Å².